The maximum Gasteiger partial charge on any atom is 0.260 e. The Morgan fingerprint density at radius 1 is 1.35 bits per heavy atom. The largest absolute Gasteiger partial charge is 0.484 e. The fraction of sp³-hybridized carbons (Fsp3) is 0.611. The highest BCUT2D eigenvalue weighted by molar-refractivity contribution is 6.30. The Kier molecular flexibility index (Phi) is 7.18. The van der Waals surface area contributed by atoms with Gasteiger partial charge in [0.2, 0.25) is 0 Å². The van der Waals surface area contributed by atoms with E-state index >= 15 is 0 Å². The molecule has 1 saturated heterocycles. The number of carbonyl (C=O) groups excluding carboxylic acids is 1. The quantitative estimate of drug-likeness (QED) is 0.728. The van der Waals surface area contributed by atoms with E-state index in [-0.39, 0.29) is 12.5 Å². The van der Waals surface area contributed by atoms with Crippen LogP contribution in [0.2, 0.25) is 5.02 Å². The fourth-order valence-electron chi connectivity index (χ4n) is 2.95. The van der Waals surface area contributed by atoms with Crippen molar-refractivity contribution in [2.45, 2.75) is 39.2 Å². The molecule has 0 aromatic heterocycles. The lowest BCUT2D eigenvalue weighted by atomic mass is 10.2. The number of benzene rings is 1. The van der Waals surface area contributed by atoms with Gasteiger partial charge in [0.1, 0.15) is 5.75 Å². The molecule has 1 aromatic rings. The van der Waals surface area contributed by atoms with Gasteiger partial charge in [0.05, 0.1) is 0 Å². The molecular weight excluding hydrogens is 312 g/mol. The molecule has 1 amide bonds. The minimum absolute atomic E-state index is 0.0800. The van der Waals surface area contributed by atoms with Gasteiger partial charge in [-0.2, -0.15) is 0 Å². The first-order valence-corrected chi connectivity index (χ1v) is 8.92. The number of rotatable bonds is 8. The molecule has 2 rings (SSSR count). The average molecular weight is 339 g/mol. The predicted octanol–water partition coefficient (Wildman–Crippen LogP) is 3.44. The fourth-order valence-corrected chi connectivity index (χ4v) is 3.08. The van der Waals surface area contributed by atoms with Gasteiger partial charge in [-0.15, -0.1) is 0 Å². The summed E-state index contributed by atoms with van der Waals surface area (Å²) in [6.45, 7) is 8.34. The van der Waals surface area contributed by atoms with Crippen molar-refractivity contribution in [2.75, 3.05) is 32.8 Å². The molecule has 128 valence electrons. The molecule has 0 saturated carbocycles. The van der Waals surface area contributed by atoms with Crippen molar-refractivity contribution in [1.29, 1.82) is 0 Å². The first kappa shape index (κ1) is 18.1. The molecule has 0 aliphatic carbocycles. The van der Waals surface area contributed by atoms with Crippen molar-refractivity contribution in [1.82, 2.24) is 9.80 Å². The van der Waals surface area contributed by atoms with E-state index in [2.05, 4.69) is 18.7 Å². The summed E-state index contributed by atoms with van der Waals surface area (Å²) in [5, 5.41) is 0.666. The molecule has 1 aliphatic heterocycles. The number of likely N-dealkylation sites (N-methyl/N-ethyl adjacent to an activating group) is 1. The van der Waals surface area contributed by atoms with Crippen molar-refractivity contribution >= 4 is 17.5 Å². The smallest absolute Gasteiger partial charge is 0.260 e. The van der Waals surface area contributed by atoms with Crippen LogP contribution in [0.15, 0.2) is 24.3 Å². The van der Waals surface area contributed by atoms with E-state index in [9.17, 15) is 4.79 Å². The second kappa shape index (κ2) is 9.14. The number of ether oxygens (including phenoxy) is 1. The number of carbonyl (C=O) groups is 1. The Balaban J connectivity index is 1.92. The Hall–Kier alpha value is -1.26. The predicted molar refractivity (Wildman–Crippen MR) is 94.1 cm³/mol. The first-order valence-electron chi connectivity index (χ1n) is 8.54. The highest BCUT2D eigenvalue weighted by Gasteiger charge is 2.29. The molecule has 23 heavy (non-hydrogen) atoms. The van der Waals surface area contributed by atoms with E-state index < -0.39 is 0 Å². The van der Waals surface area contributed by atoms with Crippen LogP contribution in [0, 0.1) is 0 Å². The van der Waals surface area contributed by atoms with Crippen LogP contribution in [0.3, 0.4) is 0 Å². The van der Waals surface area contributed by atoms with Crippen LogP contribution < -0.4 is 4.74 Å². The number of unbranched alkanes of at least 4 members (excludes halogenated alkanes) is 1. The lowest BCUT2D eigenvalue weighted by molar-refractivity contribution is -0.135. The van der Waals surface area contributed by atoms with Crippen molar-refractivity contribution in [3.05, 3.63) is 29.3 Å². The maximum absolute atomic E-state index is 12.6. The number of likely N-dealkylation sites (tertiary alicyclic amines) is 1. The molecule has 1 heterocycles. The van der Waals surface area contributed by atoms with Gasteiger partial charge in [-0.05, 0) is 43.7 Å². The molecule has 1 fully saturated rings. The van der Waals surface area contributed by atoms with Crippen LogP contribution in [0.5, 0.6) is 5.75 Å². The second-order valence-corrected chi connectivity index (χ2v) is 6.46. The molecule has 0 bridgehead atoms. The van der Waals surface area contributed by atoms with Crippen molar-refractivity contribution < 1.29 is 9.53 Å². The molecule has 4 nitrogen and oxygen atoms in total. The van der Waals surface area contributed by atoms with E-state index in [1.807, 2.05) is 4.90 Å². The van der Waals surface area contributed by atoms with Gasteiger partial charge >= 0.3 is 0 Å². The van der Waals surface area contributed by atoms with Gasteiger partial charge in [0.25, 0.3) is 5.91 Å². The molecule has 0 radical (unpaired) electrons. The molecule has 1 aliphatic rings. The third-order valence-corrected chi connectivity index (χ3v) is 4.64. The van der Waals surface area contributed by atoms with Gasteiger partial charge < -0.3 is 14.5 Å². The SMILES string of the molecule is CCCCN(C(=O)COc1ccc(Cl)cc1)C1CCN(CC)C1. The number of hydrogen-bond acceptors (Lipinski definition) is 3. The molecule has 0 spiro atoms. The minimum atomic E-state index is 0.0800. The summed E-state index contributed by atoms with van der Waals surface area (Å²) >= 11 is 5.86. The lowest BCUT2D eigenvalue weighted by Crippen LogP contribution is -2.44. The topological polar surface area (TPSA) is 32.8 Å². The van der Waals surface area contributed by atoms with Crippen LogP contribution in [-0.2, 0) is 4.79 Å². The summed E-state index contributed by atoms with van der Waals surface area (Å²) in [6.07, 6.45) is 3.19. The average Bonchev–Trinajstić information content (AvgIpc) is 3.03. The van der Waals surface area contributed by atoms with Crippen LogP contribution >= 0.6 is 11.6 Å². The van der Waals surface area contributed by atoms with Crippen LogP contribution in [0.25, 0.3) is 0 Å². The third-order valence-electron chi connectivity index (χ3n) is 4.38. The first-order chi connectivity index (χ1) is 11.1. The number of nitrogens with zero attached hydrogens (tertiary/aromatic N) is 2. The molecular formula is C18H27ClN2O2. The zero-order valence-corrected chi connectivity index (χ0v) is 14.9. The monoisotopic (exact) mass is 338 g/mol. The van der Waals surface area contributed by atoms with Gasteiger partial charge in [0, 0.05) is 30.7 Å². The zero-order valence-electron chi connectivity index (χ0n) is 14.1. The minimum Gasteiger partial charge on any atom is -0.484 e. The Bertz CT molecular complexity index is 492. The van der Waals surface area contributed by atoms with E-state index in [0.717, 1.165) is 45.4 Å². The van der Waals surface area contributed by atoms with Crippen molar-refractivity contribution in [2.24, 2.45) is 0 Å². The van der Waals surface area contributed by atoms with E-state index in [0.29, 0.717) is 16.8 Å². The third kappa shape index (κ3) is 5.40. The number of hydrogen-bond donors (Lipinski definition) is 0. The van der Waals surface area contributed by atoms with Crippen LogP contribution in [0.1, 0.15) is 33.1 Å². The molecule has 1 aromatic carbocycles. The Labute approximate surface area is 144 Å². The zero-order chi connectivity index (χ0) is 16.7. The van der Waals surface area contributed by atoms with Gasteiger partial charge in [-0.25, -0.2) is 0 Å². The van der Waals surface area contributed by atoms with Crippen molar-refractivity contribution in [3.8, 4) is 5.75 Å². The maximum atomic E-state index is 12.6. The summed E-state index contributed by atoms with van der Waals surface area (Å²) in [5.41, 5.74) is 0. The standard InChI is InChI=1S/C18H27ClN2O2/c1-3-5-11-21(16-10-12-20(4-2)13-16)18(22)14-23-17-8-6-15(19)7-9-17/h6-9,16H,3-5,10-14H2,1-2H3. The molecule has 1 unspecified atom stereocenters. The lowest BCUT2D eigenvalue weighted by Gasteiger charge is -2.29. The van der Waals surface area contributed by atoms with Crippen molar-refractivity contribution in [3.63, 3.8) is 0 Å². The Morgan fingerprint density at radius 2 is 2.09 bits per heavy atom. The van der Waals surface area contributed by atoms with E-state index in [1.54, 1.807) is 24.3 Å². The van der Waals surface area contributed by atoms with Gasteiger partial charge in [-0.3, -0.25) is 4.79 Å². The summed E-state index contributed by atoms with van der Waals surface area (Å²) < 4.78 is 5.63. The van der Waals surface area contributed by atoms with E-state index in [1.165, 1.54) is 0 Å². The van der Waals surface area contributed by atoms with Crippen LogP contribution in [-0.4, -0.2) is 54.5 Å². The molecule has 5 heteroatoms. The molecule has 0 N–H and O–H groups in total. The highest BCUT2D eigenvalue weighted by Crippen LogP contribution is 2.18. The normalized spacial score (nSPS) is 18.1. The second-order valence-electron chi connectivity index (χ2n) is 6.02. The number of halogens is 1. The number of amides is 1. The summed E-state index contributed by atoms with van der Waals surface area (Å²) in [4.78, 5) is 17.1. The van der Waals surface area contributed by atoms with Gasteiger partial charge in [-0.1, -0.05) is 31.9 Å². The summed E-state index contributed by atoms with van der Waals surface area (Å²) in [6, 6.07) is 7.45. The van der Waals surface area contributed by atoms with Gasteiger partial charge in [0.15, 0.2) is 6.61 Å². The molecule has 1 atom stereocenters. The summed E-state index contributed by atoms with van der Waals surface area (Å²) in [7, 11) is 0. The van der Waals surface area contributed by atoms with Crippen LogP contribution in [0.4, 0.5) is 0 Å². The van der Waals surface area contributed by atoms with E-state index in [4.69, 9.17) is 16.3 Å². The highest BCUT2D eigenvalue weighted by atomic mass is 35.5. The Morgan fingerprint density at radius 3 is 2.70 bits per heavy atom. The summed E-state index contributed by atoms with van der Waals surface area (Å²) in [5.74, 6) is 0.760.